The Morgan fingerprint density at radius 3 is 2.81 bits per heavy atom. The third kappa shape index (κ3) is 4.15. The van der Waals surface area contributed by atoms with E-state index in [2.05, 4.69) is 16.4 Å². The molecule has 1 fully saturated rings. The van der Waals surface area contributed by atoms with Crippen molar-refractivity contribution in [2.24, 2.45) is 0 Å². The first-order valence-corrected chi connectivity index (χ1v) is 9.16. The molecule has 1 atom stereocenters. The molecule has 1 N–H and O–H groups in total. The molecule has 0 bridgehead atoms. The molecule has 6 heteroatoms. The van der Waals surface area contributed by atoms with E-state index in [1.807, 2.05) is 13.1 Å². The molecule has 2 aromatic rings. The van der Waals surface area contributed by atoms with Gasteiger partial charge < -0.3 is 10.1 Å². The zero-order valence-corrected chi connectivity index (χ0v) is 15.6. The summed E-state index contributed by atoms with van der Waals surface area (Å²) in [6, 6.07) is 6.46. The van der Waals surface area contributed by atoms with E-state index in [4.69, 9.17) is 16.3 Å². The molecule has 1 aliphatic carbocycles. The fourth-order valence-corrected chi connectivity index (χ4v) is 3.26. The van der Waals surface area contributed by atoms with E-state index in [-0.39, 0.29) is 10.9 Å². The second-order valence-electron chi connectivity index (χ2n) is 6.56. The van der Waals surface area contributed by atoms with Crippen molar-refractivity contribution in [1.29, 1.82) is 0 Å². The quantitative estimate of drug-likeness (QED) is 0.770. The van der Waals surface area contributed by atoms with E-state index in [0.29, 0.717) is 30.3 Å². The fourth-order valence-electron chi connectivity index (χ4n) is 3.07. The minimum absolute atomic E-state index is 0.0248. The van der Waals surface area contributed by atoms with Crippen molar-refractivity contribution >= 4 is 17.5 Å². The number of nitrogens with one attached hydrogen (secondary N) is 1. The number of rotatable bonds is 7. The van der Waals surface area contributed by atoms with Crippen LogP contribution in [0.3, 0.4) is 0 Å². The smallest absolute Gasteiger partial charge is 0.227 e. The molecule has 0 saturated heterocycles. The highest BCUT2D eigenvalue weighted by molar-refractivity contribution is 6.30. The minimum atomic E-state index is -0.488. The van der Waals surface area contributed by atoms with Crippen LogP contribution in [0.15, 0.2) is 30.5 Å². The molecule has 1 aromatic carbocycles. The van der Waals surface area contributed by atoms with E-state index in [0.717, 1.165) is 5.56 Å². The summed E-state index contributed by atoms with van der Waals surface area (Å²) in [6.07, 6.45) is 4.80. The van der Waals surface area contributed by atoms with E-state index < -0.39 is 11.7 Å². The molecule has 1 saturated carbocycles. The molecule has 0 spiro atoms. The third-order valence-corrected chi connectivity index (χ3v) is 5.00. The first kappa shape index (κ1) is 18.6. The Kier molecular flexibility index (Phi) is 5.77. The van der Waals surface area contributed by atoms with Crippen LogP contribution < -0.4 is 10.1 Å². The maximum Gasteiger partial charge on any atom is 0.227 e. The molecule has 0 unspecified atom stereocenters. The zero-order chi connectivity index (χ0) is 18.7. The molecular weight excluding hydrogens is 355 g/mol. The van der Waals surface area contributed by atoms with Gasteiger partial charge in [0.2, 0.25) is 11.8 Å². The number of hydrogen-bond acceptors (Lipinski definition) is 3. The minimum Gasteiger partial charge on any atom is -0.481 e. The highest BCUT2D eigenvalue weighted by atomic mass is 35.5. The summed E-state index contributed by atoms with van der Waals surface area (Å²) in [5.41, 5.74) is 2.75. The Bertz CT molecular complexity index is 808. The molecule has 26 heavy (non-hydrogen) atoms. The van der Waals surface area contributed by atoms with Gasteiger partial charge in [0.1, 0.15) is 5.82 Å². The maximum absolute atomic E-state index is 13.4. The molecular formula is C20H22ClFN2O2. The van der Waals surface area contributed by atoms with Crippen LogP contribution >= 0.6 is 11.6 Å². The number of amides is 1. The Morgan fingerprint density at radius 2 is 2.19 bits per heavy atom. The Hall–Kier alpha value is -2.14. The lowest BCUT2D eigenvalue weighted by Crippen LogP contribution is -2.29. The molecule has 1 heterocycles. The van der Waals surface area contributed by atoms with E-state index in [1.54, 1.807) is 13.2 Å². The van der Waals surface area contributed by atoms with Gasteiger partial charge in [0, 0.05) is 18.3 Å². The summed E-state index contributed by atoms with van der Waals surface area (Å²) in [4.78, 5) is 17.0. The number of aromatic nitrogens is 1. The summed E-state index contributed by atoms with van der Waals surface area (Å²) in [5.74, 6) is 0.0891. The summed E-state index contributed by atoms with van der Waals surface area (Å²) < 4.78 is 18.7. The average molecular weight is 377 g/mol. The largest absolute Gasteiger partial charge is 0.481 e. The van der Waals surface area contributed by atoms with Gasteiger partial charge >= 0.3 is 0 Å². The first-order valence-electron chi connectivity index (χ1n) is 8.79. The summed E-state index contributed by atoms with van der Waals surface area (Å²) in [6.45, 7) is 2.25. The highest BCUT2D eigenvalue weighted by Gasteiger charge is 2.25. The van der Waals surface area contributed by atoms with Gasteiger partial charge in [-0.3, -0.25) is 4.79 Å². The van der Waals surface area contributed by atoms with Crippen LogP contribution in [-0.2, 0) is 11.3 Å². The van der Waals surface area contributed by atoms with Gasteiger partial charge in [-0.25, -0.2) is 9.37 Å². The molecule has 1 aliphatic rings. The van der Waals surface area contributed by atoms with Gasteiger partial charge in [0.05, 0.1) is 18.1 Å². The topological polar surface area (TPSA) is 51.2 Å². The lowest BCUT2D eigenvalue weighted by atomic mass is 9.95. The highest BCUT2D eigenvalue weighted by Crippen LogP contribution is 2.40. The van der Waals surface area contributed by atoms with Gasteiger partial charge in [-0.2, -0.15) is 0 Å². The van der Waals surface area contributed by atoms with Crippen molar-refractivity contribution in [3.63, 3.8) is 0 Å². The molecule has 1 aromatic heterocycles. The molecule has 1 amide bonds. The fraction of sp³-hybridized carbons (Fsp3) is 0.400. The summed E-state index contributed by atoms with van der Waals surface area (Å²) >= 11 is 5.85. The van der Waals surface area contributed by atoms with Crippen LogP contribution in [-0.4, -0.2) is 18.0 Å². The average Bonchev–Trinajstić information content (AvgIpc) is 3.48. The maximum atomic E-state index is 13.4. The number of pyridine rings is 1. The number of nitrogens with zero attached hydrogens (tertiary/aromatic N) is 1. The number of ether oxygens (including phenoxy) is 1. The number of halogens is 2. The summed E-state index contributed by atoms with van der Waals surface area (Å²) in [7, 11) is 1.57. The Balaban J connectivity index is 1.72. The van der Waals surface area contributed by atoms with E-state index in [1.165, 1.54) is 30.5 Å². The summed E-state index contributed by atoms with van der Waals surface area (Å²) in [5, 5.41) is 2.97. The number of methoxy groups -OCH3 is 1. The van der Waals surface area contributed by atoms with Crippen molar-refractivity contribution in [3.05, 3.63) is 58.0 Å². The molecule has 138 valence electrons. The Labute approximate surface area is 157 Å². The Morgan fingerprint density at radius 1 is 1.42 bits per heavy atom. The van der Waals surface area contributed by atoms with Crippen molar-refractivity contribution in [3.8, 4) is 5.88 Å². The monoisotopic (exact) mass is 376 g/mol. The third-order valence-electron chi connectivity index (χ3n) is 4.71. The van der Waals surface area contributed by atoms with Gasteiger partial charge in [0.25, 0.3) is 0 Å². The van der Waals surface area contributed by atoms with Crippen LogP contribution in [0.5, 0.6) is 5.88 Å². The van der Waals surface area contributed by atoms with Crippen molar-refractivity contribution in [2.75, 3.05) is 7.11 Å². The van der Waals surface area contributed by atoms with Crippen LogP contribution in [0.4, 0.5) is 4.39 Å². The van der Waals surface area contributed by atoms with Crippen molar-refractivity contribution in [1.82, 2.24) is 10.3 Å². The van der Waals surface area contributed by atoms with Gasteiger partial charge in [-0.05, 0) is 54.5 Å². The van der Waals surface area contributed by atoms with Crippen LogP contribution in [0.25, 0.3) is 0 Å². The van der Waals surface area contributed by atoms with Crippen LogP contribution in [0.1, 0.15) is 54.7 Å². The van der Waals surface area contributed by atoms with Crippen LogP contribution in [0.2, 0.25) is 5.02 Å². The molecule has 3 rings (SSSR count). The molecule has 0 aliphatic heterocycles. The standard InChI is InChI=1S/C20H22ClFN2O2/c1-3-16(13-6-7-18(22)17(21)9-13)19(25)23-11-15-8-14(12-4-5-12)10-24-20(15)26-2/h6-10,12,16H,3-5,11H2,1-2H3,(H,23,25)/t16-/m0/s1. The van der Waals surface area contributed by atoms with Crippen LogP contribution in [0, 0.1) is 5.82 Å². The number of carbonyl (C=O) groups excluding carboxylic acids is 1. The molecule has 4 nitrogen and oxygen atoms in total. The van der Waals surface area contributed by atoms with E-state index >= 15 is 0 Å². The van der Waals surface area contributed by atoms with Crippen molar-refractivity contribution < 1.29 is 13.9 Å². The predicted molar refractivity (Wildman–Crippen MR) is 99.1 cm³/mol. The van der Waals surface area contributed by atoms with Crippen molar-refractivity contribution in [2.45, 2.75) is 44.6 Å². The lowest BCUT2D eigenvalue weighted by molar-refractivity contribution is -0.122. The van der Waals surface area contributed by atoms with Gasteiger partial charge in [-0.1, -0.05) is 24.6 Å². The van der Waals surface area contributed by atoms with Gasteiger partial charge in [-0.15, -0.1) is 0 Å². The lowest BCUT2D eigenvalue weighted by Gasteiger charge is -2.17. The SMILES string of the molecule is CC[C@H](C(=O)NCc1cc(C2CC2)cnc1OC)c1ccc(F)c(Cl)c1. The molecule has 0 radical (unpaired) electrons. The number of carbonyl (C=O) groups is 1. The number of hydrogen-bond donors (Lipinski definition) is 1. The first-order chi connectivity index (χ1) is 12.5. The number of benzene rings is 1. The van der Waals surface area contributed by atoms with E-state index in [9.17, 15) is 9.18 Å². The second-order valence-corrected chi connectivity index (χ2v) is 6.97. The second kappa shape index (κ2) is 8.04. The van der Waals surface area contributed by atoms with Gasteiger partial charge in [0.15, 0.2) is 0 Å². The normalized spacial score (nSPS) is 14.8. The predicted octanol–water partition coefficient (Wildman–Crippen LogP) is 4.57. The zero-order valence-electron chi connectivity index (χ0n) is 14.9.